The number of aromatic nitrogens is 2. The fourth-order valence-electron chi connectivity index (χ4n) is 5.85. The van der Waals surface area contributed by atoms with Crippen LogP contribution in [-0.4, -0.2) is 46.5 Å². The smallest absolute Gasteiger partial charge is 0.322 e. The molecule has 1 fully saturated rings. The highest BCUT2D eigenvalue weighted by molar-refractivity contribution is 6.13. The highest BCUT2D eigenvalue weighted by Gasteiger charge is 2.42. The van der Waals surface area contributed by atoms with Crippen molar-refractivity contribution in [3.05, 3.63) is 86.7 Å². The van der Waals surface area contributed by atoms with Crippen LogP contribution >= 0.6 is 0 Å². The highest BCUT2D eigenvalue weighted by Crippen LogP contribution is 2.41. The van der Waals surface area contributed by atoms with Gasteiger partial charge in [-0.05, 0) is 61.6 Å². The Kier molecular flexibility index (Phi) is 8.72. The van der Waals surface area contributed by atoms with Gasteiger partial charge in [0.2, 0.25) is 12.2 Å². The number of ether oxygens (including phenoxy) is 2. The molecular formula is C32H36N4O7. The Labute approximate surface area is 249 Å². The van der Waals surface area contributed by atoms with Crippen molar-refractivity contribution in [1.29, 1.82) is 0 Å². The molecule has 2 heterocycles. The molecule has 0 bridgehead atoms. The number of ketones is 1. The minimum absolute atomic E-state index is 0.0208. The number of fused-ring (bicyclic) bond motifs is 1. The summed E-state index contributed by atoms with van der Waals surface area (Å²) in [6.07, 6.45) is 4.93. The van der Waals surface area contributed by atoms with Gasteiger partial charge in [-0.25, -0.2) is 4.68 Å². The molecule has 226 valence electrons. The van der Waals surface area contributed by atoms with Gasteiger partial charge in [-0.2, -0.15) is 5.10 Å². The van der Waals surface area contributed by atoms with Crippen molar-refractivity contribution in [2.45, 2.75) is 71.1 Å². The Balaban J connectivity index is 1.61. The van der Waals surface area contributed by atoms with Gasteiger partial charge < -0.3 is 14.4 Å². The number of hydrogen-bond donors (Lipinski definition) is 0. The second-order valence-corrected chi connectivity index (χ2v) is 12.0. The van der Waals surface area contributed by atoms with E-state index < -0.39 is 28.3 Å². The first-order valence-corrected chi connectivity index (χ1v) is 14.5. The molecule has 0 N–H and O–H groups in total. The zero-order chi connectivity index (χ0) is 30.7. The van der Waals surface area contributed by atoms with E-state index in [9.17, 15) is 24.5 Å². The van der Waals surface area contributed by atoms with Crippen LogP contribution in [0.15, 0.2) is 48.5 Å². The van der Waals surface area contributed by atoms with Crippen LogP contribution in [0, 0.1) is 15.5 Å². The minimum Gasteiger partial charge on any atom is -0.460 e. The second kappa shape index (κ2) is 12.5. The molecule has 11 heteroatoms. The summed E-state index contributed by atoms with van der Waals surface area (Å²) in [4.78, 5) is 52.4. The summed E-state index contributed by atoms with van der Waals surface area (Å²) in [5.74, 6) is -3.22. The summed E-state index contributed by atoms with van der Waals surface area (Å²) >= 11 is 0. The van der Waals surface area contributed by atoms with Crippen molar-refractivity contribution in [2.75, 3.05) is 18.6 Å². The molecule has 43 heavy (non-hydrogen) atoms. The normalized spacial score (nSPS) is 18.3. The fourth-order valence-corrected chi connectivity index (χ4v) is 5.85. The number of anilines is 1. The van der Waals surface area contributed by atoms with E-state index in [-0.39, 0.29) is 35.2 Å². The number of esters is 1. The molecule has 2 aliphatic rings. The molecule has 0 saturated carbocycles. The van der Waals surface area contributed by atoms with E-state index in [0.29, 0.717) is 31.4 Å². The second-order valence-electron chi connectivity index (χ2n) is 12.0. The van der Waals surface area contributed by atoms with Crippen LogP contribution in [-0.2, 0) is 38.5 Å². The van der Waals surface area contributed by atoms with Gasteiger partial charge >= 0.3 is 5.97 Å². The Morgan fingerprint density at radius 3 is 2.67 bits per heavy atom. The van der Waals surface area contributed by atoms with Crippen molar-refractivity contribution in [1.82, 2.24) is 9.78 Å². The maximum Gasteiger partial charge on any atom is 0.322 e. The first kappa shape index (κ1) is 30.1. The molecule has 0 spiro atoms. The molecular weight excluding hydrogens is 552 g/mol. The standard InChI is InChI=1S/C32H36N4O7/c1-32(2)15-14-24-26(18-32)35(27-11-7-8-16-42-27)33-29(24)30(38)28(31(39)43-19-21-9-5-4-6-10-21)23-13-12-22(34(3)20-37)17-25(23)36(40)41/h4-6,9-10,12-13,17,20,27-28H,7-8,11,14-16,18-19H2,1-3H3. The number of nitro groups is 1. The van der Waals surface area contributed by atoms with Crippen LogP contribution in [0.3, 0.4) is 0 Å². The van der Waals surface area contributed by atoms with Crippen molar-refractivity contribution in [3.63, 3.8) is 0 Å². The summed E-state index contributed by atoms with van der Waals surface area (Å²) in [6.45, 7) is 4.82. The number of Topliss-reactive ketones (excluding diaryl/α,β-unsaturated/α-hetero) is 1. The minimum atomic E-state index is -1.64. The molecule has 0 radical (unpaired) electrons. The summed E-state index contributed by atoms with van der Waals surface area (Å²) in [5.41, 5.74) is 2.11. The van der Waals surface area contributed by atoms with Crippen molar-refractivity contribution < 1.29 is 28.8 Å². The number of benzene rings is 2. The topological polar surface area (TPSA) is 134 Å². The quantitative estimate of drug-likeness (QED) is 0.0777. The van der Waals surface area contributed by atoms with Crippen molar-refractivity contribution in [2.24, 2.45) is 5.41 Å². The molecule has 11 nitrogen and oxygen atoms in total. The predicted molar refractivity (Wildman–Crippen MR) is 158 cm³/mol. The molecule has 2 unspecified atom stereocenters. The molecule has 1 saturated heterocycles. The van der Waals surface area contributed by atoms with E-state index in [4.69, 9.17) is 14.6 Å². The van der Waals surface area contributed by atoms with Gasteiger partial charge in [0.05, 0.1) is 10.5 Å². The average molecular weight is 589 g/mol. The van der Waals surface area contributed by atoms with E-state index in [1.807, 2.05) is 6.07 Å². The third-order valence-electron chi connectivity index (χ3n) is 8.29. The third-order valence-corrected chi connectivity index (χ3v) is 8.29. The van der Waals surface area contributed by atoms with Gasteiger partial charge in [0, 0.05) is 36.7 Å². The number of amides is 1. The predicted octanol–water partition coefficient (Wildman–Crippen LogP) is 5.31. The van der Waals surface area contributed by atoms with E-state index in [0.717, 1.165) is 36.9 Å². The van der Waals surface area contributed by atoms with Gasteiger partial charge in [0.1, 0.15) is 18.5 Å². The monoisotopic (exact) mass is 588 g/mol. The van der Waals surface area contributed by atoms with Gasteiger partial charge in [0.25, 0.3) is 5.69 Å². The molecule has 5 rings (SSSR count). The molecule has 1 aliphatic carbocycles. The SMILES string of the molecule is CN(C=O)c1ccc(C(C(=O)OCc2ccccc2)C(=O)c2nn(C3CCCCO3)c3c2CCC(C)(C)C3)c([N+](=O)[O-])c1. The summed E-state index contributed by atoms with van der Waals surface area (Å²) < 4.78 is 13.5. The Morgan fingerprint density at radius 2 is 2.00 bits per heavy atom. The fraction of sp³-hybridized carbons (Fsp3) is 0.438. The highest BCUT2D eigenvalue weighted by atomic mass is 16.6. The van der Waals surface area contributed by atoms with Crippen LogP contribution in [0.5, 0.6) is 0 Å². The number of carbonyl (C=O) groups excluding carboxylic acids is 3. The molecule has 2 aromatic carbocycles. The zero-order valence-electron chi connectivity index (χ0n) is 24.7. The lowest BCUT2D eigenvalue weighted by Gasteiger charge is -2.32. The van der Waals surface area contributed by atoms with Crippen LogP contribution in [0.4, 0.5) is 11.4 Å². The van der Waals surface area contributed by atoms with E-state index >= 15 is 0 Å². The molecule has 1 aliphatic heterocycles. The van der Waals surface area contributed by atoms with Gasteiger partial charge in [-0.15, -0.1) is 0 Å². The lowest BCUT2D eigenvalue weighted by atomic mass is 9.75. The number of hydrogen-bond acceptors (Lipinski definition) is 8. The summed E-state index contributed by atoms with van der Waals surface area (Å²) in [6, 6.07) is 13.0. The summed E-state index contributed by atoms with van der Waals surface area (Å²) in [5, 5.41) is 17.0. The van der Waals surface area contributed by atoms with Crippen LogP contribution in [0.25, 0.3) is 0 Å². The van der Waals surface area contributed by atoms with E-state index in [1.165, 1.54) is 30.1 Å². The number of carbonyl (C=O) groups is 3. The van der Waals surface area contributed by atoms with Crippen LogP contribution in [0.2, 0.25) is 0 Å². The first-order chi connectivity index (χ1) is 20.6. The van der Waals surface area contributed by atoms with Crippen molar-refractivity contribution >= 4 is 29.5 Å². The van der Waals surface area contributed by atoms with Crippen LogP contribution < -0.4 is 4.90 Å². The van der Waals surface area contributed by atoms with E-state index in [2.05, 4.69) is 13.8 Å². The molecule has 1 aromatic heterocycles. The van der Waals surface area contributed by atoms with Crippen molar-refractivity contribution in [3.8, 4) is 0 Å². The van der Waals surface area contributed by atoms with Crippen LogP contribution in [0.1, 0.15) is 84.5 Å². The summed E-state index contributed by atoms with van der Waals surface area (Å²) in [7, 11) is 1.45. The van der Waals surface area contributed by atoms with Gasteiger partial charge in [0.15, 0.2) is 5.92 Å². The zero-order valence-corrected chi connectivity index (χ0v) is 24.7. The maximum atomic E-state index is 14.5. The average Bonchev–Trinajstić information content (AvgIpc) is 3.38. The number of rotatable bonds is 10. The third kappa shape index (κ3) is 6.36. The molecule has 3 aromatic rings. The Bertz CT molecular complexity index is 1530. The first-order valence-electron chi connectivity index (χ1n) is 14.5. The van der Waals surface area contributed by atoms with Gasteiger partial charge in [-0.3, -0.25) is 24.5 Å². The molecule has 2 atom stereocenters. The largest absolute Gasteiger partial charge is 0.460 e. The Hall–Kier alpha value is -4.38. The maximum absolute atomic E-state index is 14.5. The molecule has 1 amide bonds. The lowest BCUT2D eigenvalue weighted by Crippen LogP contribution is -2.28. The number of nitro benzene ring substituents is 1. The lowest BCUT2D eigenvalue weighted by molar-refractivity contribution is -0.385. The van der Waals surface area contributed by atoms with E-state index in [1.54, 1.807) is 28.9 Å². The number of nitrogens with zero attached hydrogens (tertiary/aromatic N) is 4. The van der Waals surface area contributed by atoms with Gasteiger partial charge in [-0.1, -0.05) is 44.2 Å². The Morgan fingerprint density at radius 1 is 1.23 bits per heavy atom.